The minimum absolute atomic E-state index is 0.0287. The number of nitrogens with one attached hydrogen (secondary N) is 2. The second-order valence-corrected chi connectivity index (χ2v) is 7.85. The van der Waals surface area contributed by atoms with Crippen LogP contribution in [0.4, 0.5) is 5.69 Å². The molecule has 3 aromatic rings. The van der Waals surface area contributed by atoms with Gasteiger partial charge in [0.2, 0.25) is 15.9 Å². The summed E-state index contributed by atoms with van der Waals surface area (Å²) in [4.78, 5) is 16.5. The predicted molar refractivity (Wildman–Crippen MR) is 98.6 cm³/mol. The molecule has 1 heterocycles. The molecule has 2 N–H and O–H groups in total. The highest BCUT2D eigenvalue weighted by molar-refractivity contribution is 7.89. The normalized spacial score (nSPS) is 12.9. The van der Waals surface area contributed by atoms with Crippen molar-refractivity contribution in [2.75, 3.05) is 5.32 Å². The summed E-state index contributed by atoms with van der Waals surface area (Å²) in [5.74, 6) is 0.0228. The van der Waals surface area contributed by atoms with Gasteiger partial charge in [-0.1, -0.05) is 11.6 Å². The van der Waals surface area contributed by atoms with Crippen LogP contribution in [0.3, 0.4) is 0 Å². The number of carbonyl (C=O) groups is 1. The summed E-state index contributed by atoms with van der Waals surface area (Å²) in [7, 11) is -3.84. The van der Waals surface area contributed by atoms with E-state index in [9.17, 15) is 13.2 Å². The van der Waals surface area contributed by atoms with E-state index in [0.717, 1.165) is 0 Å². The van der Waals surface area contributed by atoms with Gasteiger partial charge in [0.25, 0.3) is 0 Å². The number of hydrogen-bond acceptors (Lipinski definition) is 5. The summed E-state index contributed by atoms with van der Waals surface area (Å²) in [6, 6.07) is 9.70. The molecule has 1 amide bonds. The Bertz CT molecular complexity index is 1060. The van der Waals surface area contributed by atoms with Crippen molar-refractivity contribution in [3.63, 3.8) is 0 Å². The number of fused-ring (bicyclic) bond motifs is 1. The van der Waals surface area contributed by atoms with Gasteiger partial charge in [-0.25, -0.2) is 13.4 Å². The van der Waals surface area contributed by atoms with Crippen molar-refractivity contribution in [1.82, 2.24) is 9.71 Å². The van der Waals surface area contributed by atoms with Crippen molar-refractivity contribution in [3.8, 4) is 0 Å². The van der Waals surface area contributed by atoms with E-state index in [1.54, 1.807) is 25.1 Å². The zero-order chi connectivity index (χ0) is 18.9. The first-order valence-electron chi connectivity index (χ1n) is 7.70. The molecule has 0 fully saturated rings. The van der Waals surface area contributed by atoms with Crippen LogP contribution >= 0.6 is 11.6 Å². The van der Waals surface area contributed by atoms with E-state index >= 15 is 0 Å². The maximum Gasteiger partial charge on any atom is 0.242 e. The van der Waals surface area contributed by atoms with Gasteiger partial charge >= 0.3 is 0 Å². The Labute approximate surface area is 155 Å². The molecular weight excluding hydrogens is 378 g/mol. The van der Waals surface area contributed by atoms with Crippen LogP contribution in [0.5, 0.6) is 0 Å². The SMILES string of the molecule is Cc1nc2cc(NC(=O)[C@H](C)NS(=O)(=O)c3ccc(Cl)cc3)ccc2o1. The first kappa shape index (κ1) is 18.4. The average molecular weight is 394 g/mol. The third-order valence-electron chi connectivity index (χ3n) is 3.61. The number of aryl methyl sites for hydroxylation is 1. The van der Waals surface area contributed by atoms with Crippen LogP contribution in [0.2, 0.25) is 5.02 Å². The van der Waals surface area contributed by atoms with Gasteiger partial charge in [-0.3, -0.25) is 4.79 Å². The van der Waals surface area contributed by atoms with Gasteiger partial charge in [0, 0.05) is 17.6 Å². The molecule has 1 atom stereocenters. The van der Waals surface area contributed by atoms with Crippen molar-refractivity contribution in [3.05, 3.63) is 53.4 Å². The Kier molecular flexibility index (Phi) is 4.99. The Balaban J connectivity index is 1.71. The molecule has 0 spiro atoms. The maximum absolute atomic E-state index is 12.3. The summed E-state index contributed by atoms with van der Waals surface area (Å²) in [6.45, 7) is 3.19. The fourth-order valence-corrected chi connectivity index (χ4v) is 3.67. The molecular formula is C17H16ClN3O4S. The highest BCUT2D eigenvalue weighted by Gasteiger charge is 2.22. The van der Waals surface area contributed by atoms with Crippen LogP contribution in [0.1, 0.15) is 12.8 Å². The van der Waals surface area contributed by atoms with E-state index in [-0.39, 0.29) is 4.90 Å². The fraction of sp³-hybridized carbons (Fsp3) is 0.176. The number of sulfonamides is 1. The second kappa shape index (κ2) is 7.06. The van der Waals surface area contributed by atoms with Crippen molar-refractivity contribution in [2.45, 2.75) is 24.8 Å². The van der Waals surface area contributed by atoms with Gasteiger partial charge in [-0.2, -0.15) is 4.72 Å². The number of carbonyl (C=O) groups excluding carboxylic acids is 1. The minimum Gasteiger partial charge on any atom is -0.441 e. The number of benzene rings is 2. The minimum atomic E-state index is -3.84. The molecule has 2 aromatic carbocycles. The van der Waals surface area contributed by atoms with Crippen molar-refractivity contribution in [2.24, 2.45) is 0 Å². The molecule has 0 aliphatic carbocycles. The van der Waals surface area contributed by atoms with Gasteiger partial charge in [0.1, 0.15) is 5.52 Å². The van der Waals surface area contributed by atoms with E-state index in [1.807, 2.05) is 0 Å². The molecule has 26 heavy (non-hydrogen) atoms. The van der Waals surface area contributed by atoms with Crippen molar-refractivity contribution >= 4 is 44.3 Å². The fourth-order valence-electron chi connectivity index (χ4n) is 2.34. The Hall–Kier alpha value is -2.42. The average Bonchev–Trinajstić information content (AvgIpc) is 2.94. The quantitative estimate of drug-likeness (QED) is 0.693. The van der Waals surface area contributed by atoms with Crippen LogP contribution in [0.15, 0.2) is 51.8 Å². The number of rotatable bonds is 5. The van der Waals surface area contributed by atoms with E-state index in [0.29, 0.717) is 27.7 Å². The van der Waals surface area contributed by atoms with Crippen LogP contribution in [-0.4, -0.2) is 25.4 Å². The zero-order valence-corrected chi connectivity index (χ0v) is 15.6. The smallest absolute Gasteiger partial charge is 0.242 e. The first-order chi connectivity index (χ1) is 12.2. The molecule has 9 heteroatoms. The molecule has 0 unspecified atom stereocenters. The van der Waals surface area contributed by atoms with Crippen LogP contribution in [0, 0.1) is 6.92 Å². The number of hydrogen-bond donors (Lipinski definition) is 2. The lowest BCUT2D eigenvalue weighted by atomic mass is 10.2. The lowest BCUT2D eigenvalue weighted by Crippen LogP contribution is -2.41. The van der Waals surface area contributed by atoms with Crippen LogP contribution in [-0.2, 0) is 14.8 Å². The van der Waals surface area contributed by atoms with Gasteiger partial charge in [0.05, 0.1) is 10.9 Å². The van der Waals surface area contributed by atoms with Gasteiger partial charge in [0.15, 0.2) is 11.5 Å². The molecule has 0 saturated heterocycles. The molecule has 0 aliphatic rings. The monoisotopic (exact) mass is 393 g/mol. The Morgan fingerprint density at radius 2 is 1.88 bits per heavy atom. The lowest BCUT2D eigenvalue weighted by Gasteiger charge is -2.14. The Morgan fingerprint density at radius 3 is 2.58 bits per heavy atom. The molecule has 7 nitrogen and oxygen atoms in total. The summed E-state index contributed by atoms with van der Waals surface area (Å²) in [5.41, 5.74) is 1.71. The predicted octanol–water partition coefficient (Wildman–Crippen LogP) is 3.10. The maximum atomic E-state index is 12.3. The van der Waals surface area contributed by atoms with Gasteiger partial charge in [-0.05, 0) is 49.4 Å². The summed E-state index contributed by atoms with van der Waals surface area (Å²) >= 11 is 5.76. The van der Waals surface area contributed by atoms with E-state index in [1.165, 1.54) is 31.2 Å². The van der Waals surface area contributed by atoms with Gasteiger partial charge < -0.3 is 9.73 Å². The number of amides is 1. The summed E-state index contributed by atoms with van der Waals surface area (Å²) < 4.78 is 32.4. The topological polar surface area (TPSA) is 101 Å². The van der Waals surface area contributed by atoms with E-state index in [4.69, 9.17) is 16.0 Å². The molecule has 0 aliphatic heterocycles. The number of aromatic nitrogens is 1. The molecule has 1 aromatic heterocycles. The molecule has 0 bridgehead atoms. The third-order valence-corrected chi connectivity index (χ3v) is 5.42. The lowest BCUT2D eigenvalue weighted by molar-refractivity contribution is -0.117. The van der Waals surface area contributed by atoms with Crippen LogP contribution < -0.4 is 10.0 Å². The summed E-state index contributed by atoms with van der Waals surface area (Å²) in [5, 5.41) is 3.08. The molecule has 3 rings (SSSR count). The number of halogens is 1. The van der Waals surface area contributed by atoms with Gasteiger partial charge in [-0.15, -0.1) is 0 Å². The Morgan fingerprint density at radius 1 is 1.19 bits per heavy atom. The van der Waals surface area contributed by atoms with E-state index in [2.05, 4.69) is 15.0 Å². The highest BCUT2D eigenvalue weighted by Crippen LogP contribution is 2.20. The number of oxazole rings is 1. The second-order valence-electron chi connectivity index (χ2n) is 5.70. The molecule has 136 valence electrons. The van der Waals surface area contributed by atoms with E-state index < -0.39 is 22.0 Å². The van der Waals surface area contributed by atoms with Crippen molar-refractivity contribution < 1.29 is 17.6 Å². The largest absolute Gasteiger partial charge is 0.441 e. The van der Waals surface area contributed by atoms with Crippen molar-refractivity contribution in [1.29, 1.82) is 0 Å². The standard InChI is InChI=1S/C17H16ClN3O4S/c1-10(21-26(23,24)14-6-3-12(18)4-7-14)17(22)20-13-5-8-16-15(9-13)19-11(2)25-16/h3-10,21H,1-2H3,(H,20,22)/t10-/m0/s1. The zero-order valence-electron chi connectivity index (χ0n) is 14.0. The number of anilines is 1. The molecule has 0 radical (unpaired) electrons. The highest BCUT2D eigenvalue weighted by atomic mass is 35.5. The van der Waals surface area contributed by atoms with Crippen LogP contribution in [0.25, 0.3) is 11.1 Å². The third kappa shape index (κ3) is 4.04. The first-order valence-corrected chi connectivity index (χ1v) is 9.57. The molecule has 0 saturated carbocycles. The summed E-state index contributed by atoms with van der Waals surface area (Å²) in [6.07, 6.45) is 0. The number of nitrogens with zero attached hydrogens (tertiary/aromatic N) is 1.